The Morgan fingerprint density at radius 3 is 2.43 bits per heavy atom. The molecule has 21 heavy (non-hydrogen) atoms. The number of imidazole rings is 1. The summed E-state index contributed by atoms with van der Waals surface area (Å²) in [5.74, 6) is -7.45. The summed E-state index contributed by atoms with van der Waals surface area (Å²) in [4.78, 5) is 14.2. The molecule has 0 saturated carbocycles. The second-order valence-corrected chi connectivity index (χ2v) is 4.91. The van der Waals surface area contributed by atoms with E-state index in [2.05, 4.69) is 4.98 Å². The van der Waals surface area contributed by atoms with Gasteiger partial charge in [-0.15, -0.1) is 0 Å². The molecule has 0 atom stereocenters. The highest BCUT2D eigenvalue weighted by atomic mass is 35.5. The van der Waals surface area contributed by atoms with Crippen LogP contribution in [0.3, 0.4) is 0 Å². The van der Waals surface area contributed by atoms with E-state index in [-0.39, 0.29) is 21.1 Å². The summed E-state index contributed by atoms with van der Waals surface area (Å²) >= 11 is 11.4. The first kappa shape index (κ1) is 15.8. The van der Waals surface area contributed by atoms with Crippen LogP contribution in [0.2, 0.25) is 10.0 Å². The van der Waals surface area contributed by atoms with Crippen molar-refractivity contribution in [1.82, 2.24) is 9.55 Å². The van der Waals surface area contributed by atoms with E-state index in [1.807, 2.05) is 0 Å². The van der Waals surface area contributed by atoms with Gasteiger partial charge in [0.2, 0.25) is 0 Å². The van der Waals surface area contributed by atoms with Crippen molar-refractivity contribution >= 4 is 40.2 Å². The van der Waals surface area contributed by atoms with Gasteiger partial charge in [0.25, 0.3) is 0 Å². The lowest BCUT2D eigenvalue weighted by atomic mass is 10.3. The molecule has 1 N–H and O–H groups in total. The van der Waals surface area contributed by atoms with E-state index in [9.17, 15) is 22.4 Å². The minimum Gasteiger partial charge on any atom is -0.480 e. The summed E-state index contributed by atoms with van der Waals surface area (Å²) in [6.45, 7) is -0.966. The van der Waals surface area contributed by atoms with Crippen molar-refractivity contribution < 1.29 is 27.5 Å². The van der Waals surface area contributed by atoms with Gasteiger partial charge in [-0.25, -0.2) is 13.8 Å². The number of nitrogens with zero attached hydrogens (tertiary/aromatic N) is 2. The quantitative estimate of drug-likeness (QED) is 0.858. The van der Waals surface area contributed by atoms with Crippen molar-refractivity contribution in [3.05, 3.63) is 28.0 Å². The van der Waals surface area contributed by atoms with Gasteiger partial charge >= 0.3 is 18.3 Å². The number of hydrogen-bond acceptors (Lipinski definition) is 2. The topological polar surface area (TPSA) is 55.1 Å². The van der Waals surface area contributed by atoms with Gasteiger partial charge in [-0.1, -0.05) is 23.2 Å². The van der Waals surface area contributed by atoms with Crippen LogP contribution in [0.25, 0.3) is 11.0 Å². The minimum absolute atomic E-state index is 0.0175. The summed E-state index contributed by atoms with van der Waals surface area (Å²) < 4.78 is 52.6. The Balaban J connectivity index is 2.77. The van der Waals surface area contributed by atoms with E-state index >= 15 is 0 Å². The number of rotatable bonds is 4. The van der Waals surface area contributed by atoms with Crippen LogP contribution in [0.1, 0.15) is 5.82 Å². The molecular formula is C11H6Cl2F4N2O2. The van der Waals surface area contributed by atoms with Gasteiger partial charge in [-0.3, -0.25) is 4.79 Å². The SMILES string of the molecule is O=C(O)Cn1c(C(F)(F)C(F)F)nc2cc(Cl)c(Cl)cc21. The van der Waals surface area contributed by atoms with Gasteiger partial charge in [0, 0.05) is 0 Å². The third kappa shape index (κ3) is 2.77. The maximum atomic E-state index is 13.5. The fourth-order valence-corrected chi connectivity index (χ4v) is 2.08. The molecule has 10 heteroatoms. The second-order valence-electron chi connectivity index (χ2n) is 4.09. The van der Waals surface area contributed by atoms with Gasteiger partial charge in [0.1, 0.15) is 6.54 Å². The largest absolute Gasteiger partial charge is 0.480 e. The highest BCUT2D eigenvalue weighted by Crippen LogP contribution is 2.37. The summed E-state index contributed by atoms with van der Waals surface area (Å²) in [7, 11) is 0. The lowest BCUT2D eigenvalue weighted by Gasteiger charge is -2.16. The van der Waals surface area contributed by atoms with Crippen LogP contribution >= 0.6 is 23.2 Å². The van der Waals surface area contributed by atoms with E-state index in [1.54, 1.807) is 0 Å². The smallest absolute Gasteiger partial charge is 0.364 e. The van der Waals surface area contributed by atoms with Crippen LogP contribution in [0.15, 0.2) is 12.1 Å². The maximum Gasteiger partial charge on any atom is 0.364 e. The maximum absolute atomic E-state index is 13.5. The number of carboxylic acid groups (broad SMARTS) is 1. The fraction of sp³-hybridized carbons (Fsp3) is 0.273. The number of alkyl halides is 4. The Morgan fingerprint density at radius 1 is 1.33 bits per heavy atom. The second kappa shape index (κ2) is 5.34. The number of carbonyl (C=O) groups is 1. The molecule has 0 amide bonds. The predicted octanol–water partition coefficient (Wildman–Crippen LogP) is 3.78. The summed E-state index contributed by atoms with van der Waals surface area (Å²) in [6, 6.07) is 2.20. The Labute approximate surface area is 124 Å². The minimum atomic E-state index is -4.60. The number of aliphatic carboxylic acids is 1. The fourth-order valence-electron chi connectivity index (χ4n) is 1.77. The average molecular weight is 345 g/mol. The zero-order valence-corrected chi connectivity index (χ0v) is 11.5. The van der Waals surface area contributed by atoms with Gasteiger partial charge in [0.15, 0.2) is 5.82 Å². The van der Waals surface area contributed by atoms with Gasteiger partial charge in [-0.05, 0) is 12.1 Å². The van der Waals surface area contributed by atoms with Crippen LogP contribution in [0.4, 0.5) is 17.6 Å². The molecule has 0 fully saturated rings. The Bertz CT molecular complexity index is 718. The Morgan fingerprint density at radius 2 is 1.90 bits per heavy atom. The standard InChI is InChI=1S/C11H6Cl2F4N2O2/c12-4-1-6-7(2-5(4)13)19(3-8(20)21)10(18-6)11(16,17)9(14)15/h1-2,9H,3H2,(H,20,21). The number of halogens is 6. The molecule has 0 aliphatic carbocycles. The third-order valence-corrected chi connectivity index (χ3v) is 3.38. The van der Waals surface area contributed by atoms with Crippen molar-refractivity contribution in [2.45, 2.75) is 18.9 Å². The van der Waals surface area contributed by atoms with Gasteiger partial charge < -0.3 is 9.67 Å². The molecule has 1 aromatic carbocycles. The highest BCUT2D eigenvalue weighted by molar-refractivity contribution is 6.42. The van der Waals surface area contributed by atoms with Crippen LogP contribution in [0, 0.1) is 0 Å². The van der Waals surface area contributed by atoms with Crippen molar-refractivity contribution in [3.8, 4) is 0 Å². The number of fused-ring (bicyclic) bond motifs is 1. The first-order valence-corrected chi connectivity index (χ1v) is 6.13. The van der Waals surface area contributed by atoms with E-state index in [4.69, 9.17) is 28.3 Å². The molecule has 2 rings (SSSR count). The van der Waals surface area contributed by atoms with Crippen molar-refractivity contribution in [1.29, 1.82) is 0 Å². The van der Waals surface area contributed by atoms with E-state index in [1.165, 1.54) is 0 Å². The molecule has 0 unspecified atom stereocenters. The summed E-state index contributed by atoms with van der Waals surface area (Å²) in [6.07, 6.45) is -4.03. The van der Waals surface area contributed by atoms with Crippen LogP contribution in [-0.4, -0.2) is 27.1 Å². The predicted molar refractivity (Wildman–Crippen MR) is 67.3 cm³/mol. The first-order chi connectivity index (χ1) is 9.64. The van der Waals surface area contributed by atoms with Crippen molar-refractivity contribution in [2.75, 3.05) is 0 Å². The molecule has 0 spiro atoms. The summed E-state index contributed by atoms with van der Waals surface area (Å²) in [5, 5.41) is 8.70. The molecule has 1 aromatic heterocycles. The molecule has 0 radical (unpaired) electrons. The Kier molecular flexibility index (Phi) is 4.03. The monoisotopic (exact) mass is 344 g/mol. The molecular weight excluding hydrogens is 339 g/mol. The van der Waals surface area contributed by atoms with E-state index in [0.29, 0.717) is 4.57 Å². The number of benzene rings is 1. The van der Waals surface area contributed by atoms with E-state index in [0.717, 1.165) is 12.1 Å². The zero-order chi connectivity index (χ0) is 15.9. The number of aromatic nitrogens is 2. The van der Waals surface area contributed by atoms with Crippen molar-refractivity contribution in [3.63, 3.8) is 0 Å². The third-order valence-electron chi connectivity index (χ3n) is 2.66. The first-order valence-electron chi connectivity index (χ1n) is 5.38. The molecule has 0 bridgehead atoms. The summed E-state index contributed by atoms with van der Waals surface area (Å²) in [5.41, 5.74) is -0.275. The van der Waals surface area contributed by atoms with Crippen LogP contribution in [-0.2, 0) is 17.3 Å². The number of carboxylic acids is 1. The molecule has 0 saturated heterocycles. The zero-order valence-electron chi connectivity index (χ0n) is 9.96. The Hall–Kier alpha value is -1.54. The lowest BCUT2D eigenvalue weighted by molar-refractivity contribution is -0.145. The lowest BCUT2D eigenvalue weighted by Crippen LogP contribution is -2.29. The van der Waals surface area contributed by atoms with Crippen LogP contribution in [0.5, 0.6) is 0 Å². The molecule has 114 valence electrons. The molecule has 0 aliphatic heterocycles. The van der Waals surface area contributed by atoms with E-state index < -0.39 is 30.7 Å². The normalized spacial score (nSPS) is 12.3. The van der Waals surface area contributed by atoms with Gasteiger partial charge in [0.05, 0.1) is 21.1 Å². The number of hydrogen-bond donors (Lipinski definition) is 1. The average Bonchev–Trinajstić information content (AvgIpc) is 2.68. The highest BCUT2D eigenvalue weighted by Gasteiger charge is 2.47. The van der Waals surface area contributed by atoms with Gasteiger partial charge in [-0.2, -0.15) is 8.78 Å². The van der Waals surface area contributed by atoms with Crippen LogP contribution < -0.4 is 0 Å². The molecule has 0 aliphatic rings. The van der Waals surface area contributed by atoms with Crippen molar-refractivity contribution in [2.24, 2.45) is 0 Å². The molecule has 1 heterocycles. The molecule has 2 aromatic rings. The molecule has 4 nitrogen and oxygen atoms in total.